The number of amides is 1. The smallest absolute Gasteiger partial charge is 0.289 e. The molecule has 3 aliphatic rings. The maximum Gasteiger partial charge on any atom is 0.289 e. The van der Waals surface area contributed by atoms with E-state index in [1.807, 2.05) is 36.3 Å². The van der Waals surface area contributed by atoms with Gasteiger partial charge in [-0.15, -0.1) is 0 Å². The molecule has 5 heterocycles. The number of nitrogens with zero attached hydrogens (tertiary/aromatic N) is 7. The van der Waals surface area contributed by atoms with Crippen LogP contribution in [0.4, 0.5) is 10.2 Å². The van der Waals surface area contributed by atoms with E-state index in [1.165, 1.54) is 0 Å². The van der Waals surface area contributed by atoms with Gasteiger partial charge in [-0.25, -0.2) is 14.4 Å². The Morgan fingerprint density at radius 3 is 2.41 bits per heavy atom. The number of aromatic nitrogens is 3. The van der Waals surface area contributed by atoms with E-state index < -0.39 is 12.1 Å². The number of halogens is 1. The van der Waals surface area contributed by atoms with Gasteiger partial charge in [0.25, 0.3) is 5.91 Å². The highest BCUT2D eigenvalue weighted by Gasteiger charge is 2.43. The van der Waals surface area contributed by atoms with Crippen LogP contribution in [0.15, 0.2) is 22.1 Å². The molecule has 29 heavy (non-hydrogen) atoms. The number of carbonyl (C=O) groups excluding carboxylic acids is 1. The van der Waals surface area contributed by atoms with Gasteiger partial charge in [0, 0.05) is 55.8 Å². The van der Waals surface area contributed by atoms with Crippen LogP contribution in [-0.2, 0) is 4.79 Å². The molecular formula is C20H24FN7O. The minimum Gasteiger partial charge on any atom is -0.356 e. The monoisotopic (exact) mass is 397 g/mol. The van der Waals surface area contributed by atoms with Gasteiger partial charge in [-0.1, -0.05) is 6.92 Å². The lowest BCUT2D eigenvalue weighted by Gasteiger charge is -2.25. The number of aliphatic imine (C=N–C) groups is 2. The molecule has 0 N–H and O–H groups in total. The quantitative estimate of drug-likeness (QED) is 0.772. The number of alkyl halides is 1. The van der Waals surface area contributed by atoms with Crippen molar-refractivity contribution in [1.82, 2.24) is 19.5 Å². The molecule has 3 aliphatic heterocycles. The molecule has 9 heteroatoms. The van der Waals surface area contributed by atoms with Crippen molar-refractivity contribution in [2.75, 3.05) is 31.1 Å². The third-order valence-corrected chi connectivity index (χ3v) is 6.08. The summed E-state index contributed by atoms with van der Waals surface area (Å²) in [5.41, 5.74) is 3.07. The molecule has 3 atom stereocenters. The number of likely N-dealkylation sites (tertiary alicyclic amines) is 1. The average molecular weight is 397 g/mol. The summed E-state index contributed by atoms with van der Waals surface area (Å²) in [4.78, 5) is 29.1. The van der Waals surface area contributed by atoms with Gasteiger partial charge < -0.3 is 9.80 Å². The Morgan fingerprint density at radius 1 is 1.03 bits per heavy atom. The van der Waals surface area contributed by atoms with Crippen LogP contribution in [0.5, 0.6) is 0 Å². The molecule has 5 rings (SSSR count). The van der Waals surface area contributed by atoms with Gasteiger partial charge in [-0.05, 0) is 20.3 Å². The Morgan fingerprint density at radius 2 is 1.72 bits per heavy atom. The van der Waals surface area contributed by atoms with Crippen molar-refractivity contribution in [3.8, 4) is 0 Å². The SMILES string of the molecule is CCC1=NC(N2CC3CN(c4cc(C)nc5cc(C)nn45)CC3C2)=NC(=O)C1F. The van der Waals surface area contributed by atoms with Crippen LogP contribution in [0.2, 0.25) is 0 Å². The first-order valence-corrected chi connectivity index (χ1v) is 10.1. The highest BCUT2D eigenvalue weighted by atomic mass is 19.1. The highest BCUT2D eigenvalue weighted by Crippen LogP contribution is 2.35. The number of aryl methyl sites for hydroxylation is 2. The molecule has 152 valence electrons. The van der Waals surface area contributed by atoms with Gasteiger partial charge in [-0.2, -0.15) is 14.6 Å². The topological polar surface area (TPSA) is 78.5 Å². The Hall–Kier alpha value is -2.84. The lowest BCUT2D eigenvalue weighted by Crippen LogP contribution is -2.38. The van der Waals surface area contributed by atoms with Gasteiger partial charge in [-0.3, -0.25) is 4.79 Å². The minimum atomic E-state index is -1.68. The van der Waals surface area contributed by atoms with Gasteiger partial charge in [0.05, 0.1) is 11.4 Å². The zero-order chi connectivity index (χ0) is 20.3. The first kappa shape index (κ1) is 18.2. The minimum absolute atomic E-state index is 0.280. The fourth-order valence-electron chi connectivity index (χ4n) is 4.67. The first-order chi connectivity index (χ1) is 13.9. The molecule has 2 aromatic rings. The molecule has 8 nitrogen and oxygen atoms in total. The Bertz CT molecular complexity index is 1040. The van der Waals surface area contributed by atoms with Crippen LogP contribution in [-0.4, -0.2) is 69.4 Å². The molecule has 2 saturated heterocycles. The van der Waals surface area contributed by atoms with Gasteiger partial charge in [0.2, 0.25) is 12.1 Å². The molecule has 0 aliphatic carbocycles. The van der Waals surface area contributed by atoms with E-state index in [2.05, 4.69) is 31.0 Å². The van der Waals surface area contributed by atoms with E-state index in [4.69, 9.17) is 0 Å². The van der Waals surface area contributed by atoms with E-state index in [0.29, 0.717) is 24.2 Å². The second-order valence-corrected chi connectivity index (χ2v) is 8.21. The Kier molecular flexibility index (Phi) is 4.15. The van der Waals surface area contributed by atoms with E-state index in [1.54, 1.807) is 0 Å². The summed E-state index contributed by atoms with van der Waals surface area (Å²) >= 11 is 0. The predicted octanol–water partition coefficient (Wildman–Crippen LogP) is 1.80. The third kappa shape index (κ3) is 2.99. The highest BCUT2D eigenvalue weighted by molar-refractivity contribution is 6.17. The number of hydrogen-bond acceptors (Lipinski definition) is 6. The van der Waals surface area contributed by atoms with Gasteiger partial charge in [0.1, 0.15) is 5.82 Å². The lowest BCUT2D eigenvalue weighted by atomic mass is 10.0. The second kappa shape index (κ2) is 6.60. The van der Waals surface area contributed by atoms with Crippen LogP contribution in [0.1, 0.15) is 24.7 Å². The zero-order valence-electron chi connectivity index (χ0n) is 16.8. The number of guanidine groups is 1. The fraction of sp³-hybridized carbons (Fsp3) is 0.550. The normalized spacial score (nSPS) is 26.9. The van der Waals surface area contributed by atoms with Crippen molar-refractivity contribution < 1.29 is 9.18 Å². The molecular weight excluding hydrogens is 373 g/mol. The van der Waals surface area contributed by atoms with Crippen molar-refractivity contribution in [1.29, 1.82) is 0 Å². The van der Waals surface area contributed by atoms with Crippen LogP contribution in [0.25, 0.3) is 5.65 Å². The number of hydrogen-bond donors (Lipinski definition) is 0. The van der Waals surface area contributed by atoms with Crippen molar-refractivity contribution in [2.45, 2.75) is 33.4 Å². The van der Waals surface area contributed by atoms with Crippen molar-refractivity contribution in [3.05, 3.63) is 23.5 Å². The summed E-state index contributed by atoms with van der Waals surface area (Å²) in [6, 6.07) is 4.08. The zero-order valence-corrected chi connectivity index (χ0v) is 16.8. The summed E-state index contributed by atoms with van der Waals surface area (Å²) in [6.07, 6.45) is -1.27. The Labute approximate surface area is 168 Å². The predicted molar refractivity (Wildman–Crippen MR) is 108 cm³/mol. The summed E-state index contributed by atoms with van der Waals surface area (Å²) in [5.74, 6) is 1.60. The maximum atomic E-state index is 13.9. The van der Waals surface area contributed by atoms with Crippen molar-refractivity contribution in [3.63, 3.8) is 0 Å². The molecule has 0 radical (unpaired) electrons. The fourth-order valence-corrected chi connectivity index (χ4v) is 4.67. The van der Waals surface area contributed by atoms with E-state index in [-0.39, 0.29) is 5.71 Å². The Balaban J connectivity index is 1.35. The van der Waals surface area contributed by atoms with Crippen LogP contribution < -0.4 is 4.90 Å². The standard InChI is InChI=1S/C20H24FN7O/c1-4-15-18(21)19(29)24-20(23-15)27-9-13-7-26(8-14(13)10-27)17-6-11(2)22-16-5-12(3)25-28(16)17/h5-6,13-14,18H,4,7-10H2,1-3H3. The lowest BCUT2D eigenvalue weighted by molar-refractivity contribution is -0.120. The molecule has 0 saturated carbocycles. The molecule has 1 amide bonds. The second-order valence-electron chi connectivity index (χ2n) is 8.21. The van der Waals surface area contributed by atoms with Crippen molar-refractivity contribution in [2.24, 2.45) is 21.8 Å². The van der Waals surface area contributed by atoms with Gasteiger partial charge >= 0.3 is 0 Å². The molecule has 0 aromatic carbocycles. The molecule has 0 bridgehead atoms. The summed E-state index contributed by atoms with van der Waals surface area (Å²) in [7, 11) is 0. The first-order valence-electron chi connectivity index (χ1n) is 10.1. The van der Waals surface area contributed by atoms with Crippen LogP contribution >= 0.6 is 0 Å². The molecule has 2 fully saturated rings. The van der Waals surface area contributed by atoms with Crippen LogP contribution in [0.3, 0.4) is 0 Å². The third-order valence-electron chi connectivity index (χ3n) is 6.08. The number of fused-ring (bicyclic) bond motifs is 2. The number of rotatable bonds is 2. The van der Waals surface area contributed by atoms with E-state index in [9.17, 15) is 9.18 Å². The summed E-state index contributed by atoms with van der Waals surface area (Å²) < 4.78 is 15.8. The molecule has 2 aromatic heterocycles. The van der Waals surface area contributed by atoms with E-state index >= 15 is 0 Å². The maximum absolute atomic E-state index is 13.9. The largest absolute Gasteiger partial charge is 0.356 e. The van der Waals surface area contributed by atoms with Gasteiger partial charge in [0.15, 0.2) is 5.65 Å². The van der Waals surface area contributed by atoms with Crippen LogP contribution in [0, 0.1) is 25.7 Å². The van der Waals surface area contributed by atoms with Crippen molar-refractivity contribution >= 4 is 29.0 Å². The average Bonchev–Trinajstić information content (AvgIpc) is 3.35. The summed E-state index contributed by atoms with van der Waals surface area (Å²) in [6.45, 7) is 9.14. The molecule has 0 spiro atoms. The van der Waals surface area contributed by atoms with E-state index in [0.717, 1.165) is 49.0 Å². The summed E-state index contributed by atoms with van der Waals surface area (Å²) in [5, 5.41) is 4.61. The number of anilines is 1. The number of carbonyl (C=O) groups is 1. The molecule has 3 unspecified atom stereocenters.